The molecule has 0 aliphatic heterocycles. The maximum absolute atomic E-state index is 13.2. The Morgan fingerprint density at radius 2 is 1.32 bits per heavy atom. The molecule has 0 radical (unpaired) electrons. The largest absolute Gasteiger partial charge is 0.467 e. The number of amides is 1. The summed E-state index contributed by atoms with van der Waals surface area (Å²) in [6.45, 7) is 0.486. The van der Waals surface area contributed by atoms with Crippen molar-refractivity contribution in [2.45, 2.75) is 19.0 Å². The van der Waals surface area contributed by atoms with E-state index in [1.54, 1.807) is 42.3 Å². The first-order chi connectivity index (χ1) is 21.4. The van der Waals surface area contributed by atoms with Gasteiger partial charge in [0.05, 0.1) is 7.11 Å². The molecule has 0 bridgehead atoms. The third-order valence-corrected chi connectivity index (χ3v) is 7.46. The zero-order chi connectivity index (χ0) is 30.9. The molecule has 6 nitrogen and oxygen atoms in total. The second-order valence-corrected chi connectivity index (χ2v) is 10.6. The highest BCUT2D eigenvalue weighted by molar-refractivity contribution is 6.12. The number of nitrogens with one attached hydrogen (secondary N) is 1. The summed E-state index contributed by atoms with van der Waals surface area (Å²) in [5.74, 6) is -0.571. The predicted molar refractivity (Wildman–Crippen MR) is 174 cm³/mol. The minimum Gasteiger partial charge on any atom is -0.467 e. The van der Waals surface area contributed by atoms with Crippen LogP contribution in [0.5, 0.6) is 0 Å². The van der Waals surface area contributed by atoms with Crippen LogP contribution >= 0.6 is 0 Å². The Hall–Kier alpha value is -5.49. The quantitative estimate of drug-likeness (QED) is 0.133. The number of hydrogen-bond acceptors (Lipinski definition) is 5. The number of anilines is 1. The molecule has 1 N–H and O–H groups in total. The highest BCUT2D eigenvalue weighted by Gasteiger charge is 2.23. The van der Waals surface area contributed by atoms with Crippen molar-refractivity contribution in [2.75, 3.05) is 19.5 Å². The van der Waals surface area contributed by atoms with Crippen molar-refractivity contribution >= 4 is 23.3 Å². The fourth-order valence-corrected chi connectivity index (χ4v) is 5.14. The molecule has 0 saturated carbocycles. The van der Waals surface area contributed by atoms with Crippen LogP contribution in [0.1, 0.15) is 37.4 Å². The summed E-state index contributed by atoms with van der Waals surface area (Å²) in [6.07, 6.45) is 0.368. The molecule has 44 heavy (non-hydrogen) atoms. The molecule has 6 heteroatoms. The van der Waals surface area contributed by atoms with Crippen LogP contribution in [0.15, 0.2) is 133 Å². The fraction of sp³-hybridized carbons (Fsp3) is 0.132. The van der Waals surface area contributed by atoms with Gasteiger partial charge in [0.2, 0.25) is 0 Å². The fourth-order valence-electron chi connectivity index (χ4n) is 5.14. The van der Waals surface area contributed by atoms with Crippen LogP contribution in [0.4, 0.5) is 5.69 Å². The van der Waals surface area contributed by atoms with E-state index in [0.29, 0.717) is 35.3 Å². The summed E-state index contributed by atoms with van der Waals surface area (Å²) in [4.78, 5) is 40.6. The minimum absolute atomic E-state index is 0.0267. The first-order valence-electron chi connectivity index (χ1n) is 14.4. The van der Waals surface area contributed by atoms with E-state index in [1.807, 2.05) is 97.1 Å². The van der Waals surface area contributed by atoms with E-state index in [9.17, 15) is 14.4 Å². The van der Waals surface area contributed by atoms with Crippen LogP contribution in [-0.2, 0) is 22.5 Å². The number of para-hydroxylation sites is 1. The zero-order valence-electron chi connectivity index (χ0n) is 24.8. The molecule has 0 heterocycles. The lowest BCUT2D eigenvalue weighted by atomic mass is 9.98. The van der Waals surface area contributed by atoms with Crippen molar-refractivity contribution in [3.63, 3.8) is 0 Å². The molecule has 5 rings (SSSR count). The molecule has 5 aromatic carbocycles. The standard InChI is InChI=1S/C38H34N2O4/c1-40(37(42)31-15-7-4-8-16-31)26-28-12-11-17-32(24-28)29-22-20-27(21-23-29)25-35(38(43)44-2)39-34-19-10-9-18-33(34)36(41)30-13-5-3-6-14-30/h3-24,35,39H,25-26H2,1-2H3/t35-/m1/s1. The van der Waals surface area contributed by atoms with Gasteiger partial charge in [0.25, 0.3) is 5.91 Å². The number of carbonyl (C=O) groups is 3. The maximum atomic E-state index is 13.2. The van der Waals surface area contributed by atoms with E-state index in [1.165, 1.54) is 7.11 Å². The number of rotatable bonds is 11. The Balaban J connectivity index is 1.29. The van der Waals surface area contributed by atoms with E-state index in [-0.39, 0.29) is 11.7 Å². The summed E-state index contributed by atoms with van der Waals surface area (Å²) >= 11 is 0. The second-order valence-electron chi connectivity index (χ2n) is 10.6. The molecular formula is C38H34N2O4. The van der Waals surface area contributed by atoms with Crippen molar-refractivity contribution < 1.29 is 19.1 Å². The van der Waals surface area contributed by atoms with Gasteiger partial charge >= 0.3 is 5.97 Å². The Morgan fingerprint density at radius 1 is 0.682 bits per heavy atom. The van der Waals surface area contributed by atoms with Gasteiger partial charge in [-0.1, -0.05) is 103 Å². The summed E-state index contributed by atoms with van der Waals surface area (Å²) < 4.78 is 5.11. The van der Waals surface area contributed by atoms with Gasteiger partial charge in [-0.2, -0.15) is 0 Å². The summed E-state index contributed by atoms with van der Waals surface area (Å²) in [6, 6.07) is 41.0. The van der Waals surface area contributed by atoms with Crippen molar-refractivity contribution in [3.8, 4) is 11.1 Å². The number of carbonyl (C=O) groups excluding carboxylic acids is 3. The Morgan fingerprint density at radius 3 is 2.00 bits per heavy atom. The predicted octanol–water partition coefficient (Wildman–Crippen LogP) is 7.05. The van der Waals surface area contributed by atoms with Crippen LogP contribution < -0.4 is 5.32 Å². The van der Waals surface area contributed by atoms with Gasteiger partial charge < -0.3 is 15.0 Å². The smallest absolute Gasteiger partial charge is 0.328 e. The highest BCUT2D eigenvalue weighted by Crippen LogP contribution is 2.24. The molecule has 0 aliphatic carbocycles. The van der Waals surface area contributed by atoms with Crippen LogP contribution in [0.3, 0.4) is 0 Å². The van der Waals surface area contributed by atoms with E-state index in [4.69, 9.17) is 4.74 Å². The average molecular weight is 583 g/mol. The van der Waals surface area contributed by atoms with Crippen LogP contribution in [0, 0.1) is 0 Å². The average Bonchev–Trinajstić information content (AvgIpc) is 3.08. The van der Waals surface area contributed by atoms with Gasteiger partial charge in [0.15, 0.2) is 5.78 Å². The van der Waals surface area contributed by atoms with Crippen molar-refractivity contribution in [2.24, 2.45) is 0 Å². The van der Waals surface area contributed by atoms with E-state index in [0.717, 1.165) is 22.3 Å². The Bertz CT molecular complexity index is 1730. The van der Waals surface area contributed by atoms with Gasteiger partial charge in [-0.15, -0.1) is 0 Å². The second kappa shape index (κ2) is 14.1. The van der Waals surface area contributed by atoms with Gasteiger partial charge in [-0.25, -0.2) is 4.79 Å². The highest BCUT2D eigenvalue weighted by atomic mass is 16.5. The number of methoxy groups -OCH3 is 1. The number of hydrogen-bond donors (Lipinski definition) is 1. The molecule has 0 aliphatic rings. The van der Waals surface area contributed by atoms with Gasteiger partial charge in [0, 0.05) is 42.4 Å². The first kappa shape index (κ1) is 30.0. The molecule has 0 spiro atoms. The number of ketones is 1. The lowest BCUT2D eigenvalue weighted by Gasteiger charge is -2.20. The number of esters is 1. The first-order valence-corrected chi connectivity index (χ1v) is 14.4. The SMILES string of the molecule is COC(=O)[C@@H](Cc1ccc(-c2cccc(CN(C)C(=O)c3ccccc3)c2)cc1)Nc1ccccc1C(=O)c1ccccc1. The molecule has 0 saturated heterocycles. The van der Waals surface area contributed by atoms with Crippen LogP contribution in [0.2, 0.25) is 0 Å². The maximum Gasteiger partial charge on any atom is 0.328 e. The molecule has 1 atom stereocenters. The normalized spacial score (nSPS) is 11.3. The topological polar surface area (TPSA) is 75.7 Å². The summed E-state index contributed by atoms with van der Waals surface area (Å²) in [5.41, 5.74) is 6.31. The molecule has 0 fully saturated rings. The third-order valence-electron chi connectivity index (χ3n) is 7.46. The Kier molecular flexibility index (Phi) is 9.62. The molecule has 5 aromatic rings. The Labute approximate surface area is 257 Å². The van der Waals surface area contributed by atoms with Gasteiger partial charge in [-0.05, 0) is 52.6 Å². The number of benzene rings is 5. The molecule has 0 aromatic heterocycles. The monoisotopic (exact) mass is 582 g/mol. The molecule has 0 unspecified atom stereocenters. The number of nitrogens with zero attached hydrogens (tertiary/aromatic N) is 1. The van der Waals surface area contributed by atoms with Crippen LogP contribution in [0.25, 0.3) is 11.1 Å². The van der Waals surface area contributed by atoms with Gasteiger partial charge in [0.1, 0.15) is 6.04 Å². The number of ether oxygens (including phenoxy) is 1. The lowest BCUT2D eigenvalue weighted by molar-refractivity contribution is -0.141. The third kappa shape index (κ3) is 7.28. The minimum atomic E-state index is -0.698. The zero-order valence-corrected chi connectivity index (χ0v) is 24.8. The van der Waals surface area contributed by atoms with Gasteiger partial charge in [-0.3, -0.25) is 9.59 Å². The lowest BCUT2D eigenvalue weighted by Crippen LogP contribution is -2.33. The van der Waals surface area contributed by atoms with Crippen LogP contribution in [-0.4, -0.2) is 42.8 Å². The summed E-state index contributed by atoms with van der Waals surface area (Å²) in [7, 11) is 3.16. The van der Waals surface area contributed by atoms with E-state index in [2.05, 4.69) is 11.4 Å². The van der Waals surface area contributed by atoms with Crippen molar-refractivity contribution in [1.82, 2.24) is 4.90 Å². The van der Waals surface area contributed by atoms with Crippen molar-refractivity contribution in [3.05, 3.63) is 161 Å². The molecule has 220 valence electrons. The molecular weight excluding hydrogens is 548 g/mol. The van der Waals surface area contributed by atoms with E-state index >= 15 is 0 Å². The van der Waals surface area contributed by atoms with E-state index < -0.39 is 12.0 Å². The molecule has 1 amide bonds. The summed E-state index contributed by atoms with van der Waals surface area (Å²) in [5, 5.41) is 3.26. The van der Waals surface area contributed by atoms with Crippen molar-refractivity contribution in [1.29, 1.82) is 0 Å².